The molecule has 1 fully saturated rings. The second-order valence-corrected chi connectivity index (χ2v) is 6.37. The molecule has 1 saturated carbocycles. The van der Waals surface area contributed by atoms with E-state index in [1.54, 1.807) is 13.2 Å². The number of hydrogen-bond donors (Lipinski definition) is 2. The molecule has 1 aromatic heterocycles. The van der Waals surface area contributed by atoms with Gasteiger partial charge in [0.1, 0.15) is 5.76 Å². The van der Waals surface area contributed by atoms with Crippen molar-refractivity contribution < 1.29 is 14.3 Å². The third kappa shape index (κ3) is 5.14. The monoisotopic (exact) mass is 308 g/mol. The van der Waals surface area contributed by atoms with Crippen molar-refractivity contribution in [2.45, 2.75) is 64.1 Å². The Bertz CT molecular complexity index is 439. The van der Waals surface area contributed by atoms with Crippen molar-refractivity contribution in [3.8, 4) is 0 Å². The molecular weight excluding hydrogens is 280 g/mol. The first-order valence-corrected chi connectivity index (χ1v) is 8.31. The summed E-state index contributed by atoms with van der Waals surface area (Å²) in [5.74, 6) is 0.739. The molecule has 1 aromatic rings. The highest BCUT2D eigenvalue weighted by Crippen LogP contribution is 2.22. The lowest BCUT2D eigenvalue weighted by Gasteiger charge is -2.34. The minimum Gasteiger partial charge on any atom is -0.467 e. The quantitative estimate of drug-likeness (QED) is 0.812. The van der Waals surface area contributed by atoms with Crippen LogP contribution in [0.2, 0.25) is 0 Å². The van der Waals surface area contributed by atoms with E-state index in [1.165, 1.54) is 19.3 Å². The minimum atomic E-state index is -0.419. The summed E-state index contributed by atoms with van der Waals surface area (Å²) in [5, 5.41) is 12.7. The Morgan fingerprint density at radius 3 is 2.73 bits per heavy atom. The van der Waals surface area contributed by atoms with E-state index >= 15 is 0 Å². The summed E-state index contributed by atoms with van der Waals surface area (Å²) >= 11 is 0. The Hall–Kier alpha value is -1.33. The molecule has 2 N–H and O–H groups in total. The molecule has 0 saturated heterocycles. The highest BCUT2D eigenvalue weighted by atomic mass is 16.3. The summed E-state index contributed by atoms with van der Waals surface area (Å²) in [6.45, 7) is 4.57. The van der Waals surface area contributed by atoms with Crippen LogP contribution in [0.1, 0.15) is 57.8 Å². The largest absolute Gasteiger partial charge is 0.467 e. The number of carbonyl (C=O) groups excluding carboxylic acids is 1. The Morgan fingerprint density at radius 1 is 1.41 bits per heavy atom. The van der Waals surface area contributed by atoms with Gasteiger partial charge in [0.2, 0.25) is 5.91 Å². The lowest BCUT2D eigenvalue weighted by Crippen LogP contribution is -2.46. The highest BCUT2D eigenvalue weighted by Gasteiger charge is 2.24. The molecule has 0 radical (unpaired) electrons. The van der Waals surface area contributed by atoms with E-state index < -0.39 is 6.10 Å². The summed E-state index contributed by atoms with van der Waals surface area (Å²) in [4.78, 5) is 14.4. The van der Waals surface area contributed by atoms with Gasteiger partial charge in [0.25, 0.3) is 0 Å². The number of nitrogens with one attached hydrogen (secondary N) is 1. The first-order valence-electron chi connectivity index (χ1n) is 8.31. The molecule has 1 aliphatic carbocycles. The Kier molecular flexibility index (Phi) is 6.46. The predicted octanol–water partition coefficient (Wildman–Crippen LogP) is 2.47. The lowest BCUT2D eigenvalue weighted by atomic mass is 9.94. The third-order valence-corrected chi connectivity index (χ3v) is 4.28. The summed E-state index contributed by atoms with van der Waals surface area (Å²) in [6.07, 6.45) is 7.14. The fourth-order valence-corrected chi connectivity index (χ4v) is 3.21. The average molecular weight is 308 g/mol. The highest BCUT2D eigenvalue weighted by molar-refractivity contribution is 5.78. The Balaban J connectivity index is 1.89. The van der Waals surface area contributed by atoms with Gasteiger partial charge in [-0.05, 0) is 38.8 Å². The van der Waals surface area contributed by atoms with Crippen LogP contribution in [0.25, 0.3) is 0 Å². The van der Waals surface area contributed by atoms with E-state index in [2.05, 4.69) is 10.2 Å². The summed E-state index contributed by atoms with van der Waals surface area (Å²) in [6, 6.07) is 3.95. The topological polar surface area (TPSA) is 65.7 Å². The van der Waals surface area contributed by atoms with Crippen LogP contribution in [0, 0.1) is 0 Å². The number of rotatable bonds is 7. The van der Waals surface area contributed by atoms with Crippen molar-refractivity contribution in [1.82, 2.24) is 10.2 Å². The van der Waals surface area contributed by atoms with Crippen molar-refractivity contribution >= 4 is 5.91 Å². The number of furan rings is 1. The zero-order valence-corrected chi connectivity index (χ0v) is 13.6. The molecule has 0 aromatic carbocycles. The molecule has 0 spiro atoms. The third-order valence-electron chi connectivity index (χ3n) is 4.28. The number of hydrogen-bond acceptors (Lipinski definition) is 4. The fourth-order valence-electron chi connectivity index (χ4n) is 3.21. The predicted molar refractivity (Wildman–Crippen MR) is 85.4 cm³/mol. The van der Waals surface area contributed by atoms with Gasteiger partial charge >= 0.3 is 0 Å². The second-order valence-electron chi connectivity index (χ2n) is 6.37. The lowest BCUT2D eigenvalue weighted by molar-refractivity contribution is -0.124. The maximum absolute atomic E-state index is 12.3. The second kappa shape index (κ2) is 8.34. The van der Waals surface area contributed by atoms with Gasteiger partial charge in [0, 0.05) is 12.6 Å². The van der Waals surface area contributed by atoms with Gasteiger partial charge in [-0.2, -0.15) is 0 Å². The first kappa shape index (κ1) is 17.0. The van der Waals surface area contributed by atoms with Crippen molar-refractivity contribution in [3.63, 3.8) is 0 Å². The average Bonchev–Trinajstić information content (AvgIpc) is 3.01. The molecular formula is C17H28N2O3. The molecule has 5 nitrogen and oxygen atoms in total. The van der Waals surface area contributed by atoms with Gasteiger partial charge in [-0.15, -0.1) is 0 Å². The van der Waals surface area contributed by atoms with Crippen LogP contribution in [-0.2, 0) is 4.79 Å². The van der Waals surface area contributed by atoms with Gasteiger partial charge in [-0.3, -0.25) is 9.69 Å². The van der Waals surface area contributed by atoms with Crippen LogP contribution in [0.3, 0.4) is 0 Å². The van der Waals surface area contributed by atoms with Crippen LogP contribution in [0.15, 0.2) is 22.8 Å². The standard InChI is InChI=1S/C17H28N2O3/c1-13(20)11-19(15-7-4-3-5-8-15)12-17(21)18-14(2)16-9-6-10-22-16/h6,9-10,13-15,20H,3-5,7-8,11-12H2,1-2H3,(H,18,21)/t13-,14-/m1/s1. The molecule has 0 aliphatic heterocycles. The number of carbonyl (C=O) groups is 1. The number of nitrogens with zero attached hydrogens (tertiary/aromatic N) is 1. The van der Waals surface area contributed by atoms with Crippen molar-refractivity contribution in [2.75, 3.05) is 13.1 Å². The maximum atomic E-state index is 12.3. The van der Waals surface area contributed by atoms with E-state index in [4.69, 9.17) is 4.42 Å². The van der Waals surface area contributed by atoms with Gasteiger partial charge in [0.15, 0.2) is 0 Å². The molecule has 1 amide bonds. The van der Waals surface area contributed by atoms with Crippen LogP contribution in [-0.4, -0.2) is 41.1 Å². The van der Waals surface area contributed by atoms with E-state index in [-0.39, 0.29) is 11.9 Å². The molecule has 124 valence electrons. The zero-order valence-electron chi connectivity index (χ0n) is 13.6. The molecule has 2 rings (SSSR count). The van der Waals surface area contributed by atoms with E-state index in [0.29, 0.717) is 19.1 Å². The smallest absolute Gasteiger partial charge is 0.234 e. The fraction of sp³-hybridized carbons (Fsp3) is 0.706. The number of amides is 1. The van der Waals surface area contributed by atoms with Gasteiger partial charge in [0.05, 0.1) is 25.0 Å². The normalized spacial score (nSPS) is 19.1. The van der Waals surface area contributed by atoms with E-state index in [0.717, 1.165) is 18.6 Å². The van der Waals surface area contributed by atoms with Crippen LogP contribution < -0.4 is 5.32 Å². The van der Waals surface area contributed by atoms with E-state index in [1.807, 2.05) is 19.1 Å². The van der Waals surface area contributed by atoms with Gasteiger partial charge < -0.3 is 14.8 Å². The van der Waals surface area contributed by atoms with Gasteiger partial charge in [-0.1, -0.05) is 19.3 Å². The van der Waals surface area contributed by atoms with Crippen molar-refractivity contribution in [2.24, 2.45) is 0 Å². The maximum Gasteiger partial charge on any atom is 0.234 e. The zero-order chi connectivity index (χ0) is 15.9. The molecule has 1 heterocycles. The molecule has 22 heavy (non-hydrogen) atoms. The molecule has 0 unspecified atom stereocenters. The van der Waals surface area contributed by atoms with Gasteiger partial charge in [-0.25, -0.2) is 0 Å². The summed E-state index contributed by atoms with van der Waals surface area (Å²) < 4.78 is 5.31. The Morgan fingerprint density at radius 2 is 2.14 bits per heavy atom. The first-order chi connectivity index (χ1) is 10.6. The molecule has 1 aliphatic rings. The summed E-state index contributed by atoms with van der Waals surface area (Å²) in [5.41, 5.74) is 0. The van der Waals surface area contributed by atoms with Crippen LogP contribution in [0.4, 0.5) is 0 Å². The number of aliphatic hydroxyl groups excluding tert-OH is 1. The van der Waals surface area contributed by atoms with Crippen LogP contribution in [0.5, 0.6) is 0 Å². The van der Waals surface area contributed by atoms with Crippen molar-refractivity contribution in [1.29, 1.82) is 0 Å². The molecule has 0 bridgehead atoms. The minimum absolute atomic E-state index is 0.0184. The SMILES string of the molecule is C[C@@H](O)CN(CC(=O)N[C@H](C)c1ccco1)C1CCCCC1. The molecule has 2 atom stereocenters. The van der Waals surface area contributed by atoms with Crippen LogP contribution >= 0.6 is 0 Å². The molecule has 5 heteroatoms. The van der Waals surface area contributed by atoms with E-state index in [9.17, 15) is 9.90 Å². The summed E-state index contributed by atoms with van der Waals surface area (Å²) in [7, 11) is 0. The van der Waals surface area contributed by atoms with Crippen molar-refractivity contribution in [3.05, 3.63) is 24.2 Å². The Labute approximate surface area is 132 Å². The number of aliphatic hydroxyl groups is 1.